The van der Waals surface area contributed by atoms with Crippen LogP contribution in [0.25, 0.3) is 11.6 Å². The van der Waals surface area contributed by atoms with E-state index in [2.05, 4.69) is 0 Å². The molecule has 0 bridgehead atoms. The van der Waals surface area contributed by atoms with Gasteiger partial charge in [0.05, 0.1) is 66.5 Å². The third-order valence-corrected chi connectivity index (χ3v) is 12.4. The number of rotatable bonds is 19. The van der Waals surface area contributed by atoms with Gasteiger partial charge in [0.2, 0.25) is 0 Å². The maximum Gasteiger partial charge on any atom is 0.344 e. The number of hydrogen-bond acceptors (Lipinski definition) is 26. The molecule has 494 valence electrons. The quantitative estimate of drug-likeness (QED) is 0.0197. The van der Waals surface area contributed by atoms with Crippen molar-refractivity contribution >= 4 is 60.4 Å². The highest BCUT2D eigenvalue weighted by Gasteiger charge is 2.30. The molecule has 0 aromatic heterocycles. The molecule has 93 heavy (non-hydrogen) atoms. The number of phenols is 6. The SMILES string of the molecule is COc1cc(C(O)C(=O)O)cc(C(O)C(=O)O)c1O.COc1cc(C(O)C(=O)O)ccc1O.COc1cc(C=C2C(=O)Oc3c(OC)cccc32)ccc1O.COc1cc(C=O)cc(C=O)c1O.COc1cccc(C(O)C(=O)O)c1O.COc1cccc(C=O)c1O. The zero-order valence-electron chi connectivity index (χ0n) is 49.9. The van der Waals surface area contributed by atoms with Crippen LogP contribution in [0.2, 0.25) is 0 Å². The normalized spacial score (nSPS) is 12.3. The van der Waals surface area contributed by atoms with Crippen molar-refractivity contribution in [1.29, 1.82) is 0 Å². The first-order chi connectivity index (χ1) is 44.1. The van der Waals surface area contributed by atoms with Gasteiger partial charge in [0.25, 0.3) is 0 Å². The third kappa shape index (κ3) is 19.9. The summed E-state index contributed by atoms with van der Waals surface area (Å²) in [7, 11) is 9.61. The van der Waals surface area contributed by atoms with Gasteiger partial charge in [0.15, 0.2) is 117 Å². The van der Waals surface area contributed by atoms with Crippen LogP contribution in [0.15, 0.2) is 115 Å². The number of phenolic OH excluding ortho intramolecular Hbond substituents is 6. The second kappa shape index (κ2) is 35.8. The molecule has 7 aromatic carbocycles. The molecule has 1 heterocycles. The number of hydrogen-bond donors (Lipinski definition) is 14. The van der Waals surface area contributed by atoms with E-state index in [0.29, 0.717) is 53.0 Å². The number of esters is 1. The van der Waals surface area contributed by atoms with Gasteiger partial charge >= 0.3 is 29.8 Å². The van der Waals surface area contributed by atoms with Crippen molar-refractivity contribution in [3.05, 3.63) is 165 Å². The van der Waals surface area contributed by atoms with Gasteiger partial charge in [0, 0.05) is 22.3 Å². The molecule has 0 fully saturated rings. The second-order valence-corrected chi connectivity index (χ2v) is 18.1. The number of benzene rings is 7. The van der Waals surface area contributed by atoms with Crippen LogP contribution >= 0.6 is 0 Å². The molecule has 14 N–H and O–H groups in total. The maximum atomic E-state index is 12.1. The lowest BCUT2D eigenvalue weighted by molar-refractivity contribution is -0.148. The van der Waals surface area contributed by atoms with Gasteiger partial charge in [-0.2, -0.15) is 0 Å². The Morgan fingerprint density at radius 1 is 0.398 bits per heavy atom. The summed E-state index contributed by atoms with van der Waals surface area (Å²) in [5.74, 6) is -6.12. The number of aromatic hydroxyl groups is 6. The molecule has 0 radical (unpaired) electrons. The summed E-state index contributed by atoms with van der Waals surface area (Å²) in [5, 5.41) is 128. The van der Waals surface area contributed by atoms with Crippen LogP contribution in [0.4, 0.5) is 0 Å². The topological polar surface area (TPSA) is 494 Å². The highest BCUT2D eigenvalue weighted by molar-refractivity contribution is 6.26. The predicted molar refractivity (Wildman–Crippen MR) is 321 cm³/mol. The predicted octanol–water partition coefficient (Wildman–Crippen LogP) is 5.78. The summed E-state index contributed by atoms with van der Waals surface area (Å²) in [4.78, 5) is 85.4. The van der Waals surface area contributed by atoms with Crippen molar-refractivity contribution in [3.63, 3.8) is 0 Å². The molecule has 1 aliphatic heterocycles. The molecule has 30 heteroatoms. The van der Waals surface area contributed by atoms with Crippen molar-refractivity contribution in [2.45, 2.75) is 24.4 Å². The number of carbonyl (C=O) groups is 8. The van der Waals surface area contributed by atoms with Crippen LogP contribution in [-0.4, -0.2) is 170 Å². The zero-order valence-corrected chi connectivity index (χ0v) is 49.9. The van der Waals surface area contributed by atoms with Gasteiger partial charge in [-0.15, -0.1) is 0 Å². The standard InChI is InChI=1S/C17H14O5.C11H12O8.2C9H10O5.C9H8O4.C8H8O3/c1-20-14-5-3-4-11-12(17(19)22-16(11)14)8-10-6-7-13(18)15(9-10)21-2;1-19-6-3-4(7(12)10(15)16)2-5(8(6)13)9(14)11(17)18;1-14-7-4-5(2-3-6(7)10)8(11)9(12)13;1-14-6-4-2-3-5(7(6)10)8(11)9(12)13;1-13-8-3-6(4-10)2-7(5-11)9(8)12;1-11-7-4-2-3-6(5-9)8(7)10/h3-9,18H,1-2H3;2-3,7,9,12-14H,1H3,(H,15,16)(H,17,18);2*2-4,8,10-11H,1H3,(H,12,13);2-5,12H,1H3;2-5,10H,1H3. The first kappa shape index (κ1) is 75.1. The van der Waals surface area contributed by atoms with Gasteiger partial charge in [-0.1, -0.05) is 42.5 Å². The van der Waals surface area contributed by atoms with E-state index in [1.165, 1.54) is 103 Å². The van der Waals surface area contributed by atoms with E-state index in [9.17, 15) is 89.4 Å². The minimum atomic E-state index is -2.07. The van der Waals surface area contributed by atoms with Gasteiger partial charge in [0.1, 0.15) is 6.29 Å². The van der Waals surface area contributed by atoms with E-state index in [0.717, 1.165) is 24.8 Å². The fourth-order valence-electron chi connectivity index (χ4n) is 7.62. The Morgan fingerprint density at radius 2 is 0.817 bits per heavy atom. The van der Waals surface area contributed by atoms with Crippen molar-refractivity contribution in [2.24, 2.45) is 0 Å². The molecule has 0 saturated heterocycles. The molecule has 4 atom stereocenters. The Balaban J connectivity index is 0.000000296. The fraction of sp³-hybridized carbons (Fsp3) is 0.175. The summed E-state index contributed by atoms with van der Waals surface area (Å²) in [6.45, 7) is 0. The lowest BCUT2D eigenvalue weighted by Gasteiger charge is -2.15. The van der Waals surface area contributed by atoms with Crippen molar-refractivity contribution in [3.8, 4) is 80.5 Å². The van der Waals surface area contributed by atoms with Crippen LogP contribution in [0.5, 0.6) is 80.5 Å². The summed E-state index contributed by atoms with van der Waals surface area (Å²) in [6, 6.07) is 27.6. The van der Waals surface area contributed by atoms with E-state index in [-0.39, 0.29) is 85.1 Å². The van der Waals surface area contributed by atoms with E-state index in [1.54, 1.807) is 48.5 Å². The minimum Gasteiger partial charge on any atom is -0.504 e. The van der Waals surface area contributed by atoms with E-state index < -0.39 is 65.6 Å². The van der Waals surface area contributed by atoms with Gasteiger partial charge < -0.3 is 109 Å². The summed E-state index contributed by atoms with van der Waals surface area (Å²) < 4.78 is 39.3. The largest absolute Gasteiger partial charge is 0.504 e. The monoisotopic (exact) mass is 1300 g/mol. The molecule has 0 saturated carbocycles. The van der Waals surface area contributed by atoms with Crippen molar-refractivity contribution in [2.75, 3.05) is 49.8 Å². The highest BCUT2D eigenvalue weighted by atomic mass is 16.6. The molecule has 0 aliphatic carbocycles. The Kier molecular flexibility index (Phi) is 28.9. The average Bonchev–Trinajstić information content (AvgIpc) is 1.71. The highest BCUT2D eigenvalue weighted by Crippen LogP contribution is 2.43. The van der Waals surface area contributed by atoms with Gasteiger partial charge in [-0.05, 0) is 95.6 Å². The van der Waals surface area contributed by atoms with Crippen LogP contribution in [-0.2, 0) is 24.0 Å². The minimum absolute atomic E-state index is 0.0423. The van der Waals surface area contributed by atoms with E-state index in [4.69, 9.17) is 58.3 Å². The number of aliphatic hydroxyl groups is 4. The fourth-order valence-corrected chi connectivity index (χ4v) is 7.62. The second-order valence-electron chi connectivity index (χ2n) is 18.1. The lowest BCUT2D eigenvalue weighted by atomic mass is 10.0. The number of methoxy groups -OCH3 is 7. The molecular weight excluding hydrogens is 1240 g/mol. The number of carboxylic acids is 4. The number of carbonyl (C=O) groups excluding carboxylic acids is 4. The number of aliphatic hydroxyl groups excluding tert-OH is 4. The smallest absolute Gasteiger partial charge is 0.344 e. The molecule has 0 amide bonds. The summed E-state index contributed by atoms with van der Waals surface area (Å²) in [5.41, 5.74) is 1.78. The Morgan fingerprint density at radius 3 is 1.33 bits per heavy atom. The first-order valence-corrected chi connectivity index (χ1v) is 26.0. The number of carboxylic acid groups (broad SMARTS) is 4. The Bertz CT molecular complexity index is 3830. The Labute approximate surface area is 526 Å². The molecular formula is C63H62O30. The molecule has 30 nitrogen and oxygen atoms in total. The van der Waals surface area contributed by atoms with Crippen LogP contribution in [0.3, 0.4) is 0 Å². The molecule has 1 aliphatic rings. The number of aliphatic carboxylic acids is 4. The molecule has 4 unspecified atom stereocenters. The Hall–Kier alpha value is -12.1. The van der Waals surface area contributed by atoms with Crippen LogP contribution < -0.4 is 37.9 Å². The van der Waals surface area contributed by atoms with E-state index >= 15 is 0 Å². The van der Waals surface area contributed by atoms with Crippen molar-refractivity contribution in [1.82, 2.24) is 0 Å². The number of fused-ring (bicyclic) bond motifs is 1. The van der Waals surface area contributed by atoms with Gasteiger partial charge in [-0.3, -0.25) is 14.4 Å². The lowest BCUT2D eigenvalue weighted by Crippen LogP contribution is -2.14. The third-order valence-electron chi connectivity index (χ3n) is 12.4. The molecule has 7 aromatic rings. The summed E-state index contributed by atoms with van der Waals surface area (Å²) in [6.07, 6.45) is -4.05. The van der Waals surface area contributed by atoms with Crippen LogP contribution in [0.1, 0.15) is 88.9 Å². The number of ether oxygens (including phenoxy) is 8. The number of para-hydroxylation sites is 3. The summed E-state index contributed by atoms with van der Waals surface area (Å²) >= 11 is 0. The average molecular weight is 1300 g/mol. The van der Waals surface area contributed by atoms with Gasteiger partial charge in [-0.25, -0.2) is 24.0 Å². The number of aldehydes is 3. The van der Waals surface area contributed by atoms with E-state index in [1.807, 2.05) is 0 Å². The van der Waals surface area contributed by atoms with Crippen LogP contribution in [0, 0.1) is 0 Å². The maximum absolute atomic E-state index is 12.1. The molecule has 8 rings (SSSR count). The zero-order chi connectivity index (χ0) is 70.0. The first-order valence-electron chi connectivity index (χ1n) is 26.0. The van der Waals surface area contributed by atoms with Crippen molar-refractivity contribution < 1.29 is 148 Å². The molecule has 0 spiro atoms.